The van der Waals surface area contributed by atoms with Crippen LogP contribution >= 0.6 is 0 Å². The van der Waals surface area contributed by atoms with Crippen molar-refractivity contribution < 1.29 is 14.7 Å². The number of rotatable bonds is 3. The zero-order valence-corrected chi connectivity index (χ0v) is 8.11. The van der Waals surface area contributed by atoms with Crippen LogP contribution in [-0.2, 0) is 9.59 Å². The predicted octanol–water partition coefficient (Wildman–Crippen LogP) is 0.862. The zero-order valence-electron chi connectivity index (χ0n) is 8.11. The smallest absolute Gasteiger partial charge is 0.303 e. The van der Waals surface area contributed by atoms with Gasteiger partial charge in [0.2, 0.25) is 5.91 Å². The van der Waals surface area contributed by atoms with Gasteiger partial charge in [-0.15, -0.1) is 0 Å². The van der Waals surface area contributed by atoms with Crippen molar-refractivity contribution in [3.63, 3.8) is 0 Å². The molecular formula is C10H15NO3. The van der Waals surface area contributed by atoms with Gasteiger partial charge in [-0.05, 0) is 25.2 Å². The highest BCUT2D eigenvalue weighted by Crippen LogP contribution is 2.32. The van der Waals surface area contributed by atoms with E-state index in [9.17, 15) is 9.59 Å². The summed E-state index contributed by atoms with van der Waals surface area (Å²) in [5, 5.41) is 8.61. The second-order valence-electron chi connectivity index (χ2n) is 4.27. The van der Waals surface area contributed by atoms with E-state index in [1.807, 2.05) is 4.90 Å². The quantitative estimate of drug-likeness (QED) is 0.730. The van der Waals surface area contributed by atoms with Gasteiger partial charge < -0.3 is 10.0 Å². The lowest BCUT2D eigenvalue weighted by Crippen LogP contribution is -2.40. The minimum absolute atomic E-state index is 0.0648. The lowest BCUT2D eigenvalue weighted by atomic mass is 9.93. The van der Waals surface area contributed by atoms with Crippen LogP contribution in [-0.4, -0.2) is 34.5 Å². The third-order valence-corrected chi connectivity index (χ3v) is 3.01. The van der Waals surface area contributed by atoms with Gasteiger partial charge in [-0.25, -0.2) is 0 Å². The van der Waals surface area contributed by atoms with E-state index >= 15 is 0 Å². The molecule has 1 atom stereocenters. The molecule has 4 nitrogen and oxygen atoms in total. The van der Waals surface area contributed by atoms with Crippen molar-refractivity contribution in [3.05, 3.63) is 0 Å². The Bertz CT molecular complexity index is 260. The van der Waals surface area contributed by atoms with E-state index in [2.05, 4.69) is 0 Å². The number of carboxylic acid groups (broad SMARTS) is 1. The number of carboxylic acids is 1. The van der Waals surface area contributed by atoms with Crippen molar-refractivity contribution >= 4 is 11.9 Å². The summed E-state index contributed by atoms with van der Waals surface area (Å²) in [6, 6.07) is 0.480. The Labute approximate surface area is 82.9 Å². The van der Waals surface area contributed by atoms with Crippen LogP contribution in [0.2, 0.25) is 0 Å². The number of nitrogens with zero attached hydrogens (tertiary/aromatic N) is 1. The highest BCUT2D eigenvalue weighted by Gasteiger charge is 2.36. The molecule has 0 aromatic carbocycles. The summed E-state index contributed by atoms with van der Waals surface area (Å²) in [7, 11) is 0. The number of hydrogen-bond acceptors (Lipinski definition) is 2. The third-order valence-electron chi connectivity index (χ3n) is 3.01. The van der Waals surface area contributed by atoms with Gasteiger partial charge in [0.25, 0.3) is 0 Å². The summed E-state index contributed by atoms with van der Waals surface area (Å²) in [4.78, 5) is 24.0. The molecule has 0 aromatic heterocycles. The molecular weight excluding hydrogens is 182 g/mol. The molecule has 0 bridgehead atoms. The van der Waals surface area contributed by atoms with Crippen LogP contribution in [0.5, 0.6) is 0 Å². The zero-order chi connectivity index (χ0) is 10.1. The fourth-order valence-corrected chi connectivity index (χ4v) is 2.11. The van der Waals surface area contributed by atoms with Crippen molar-refractivity contribution in [2.75, 3.05) is 6.54 Å². The highest BCUT2D eigenvalue weighted by atomic mass is 16.4. The molecule has 1 unspecified atom stereocenters. The van der Waals surface area contributed by atoms with Gasteiger partial charge in [0.15, 0.2) is 0 Å². The topological polar surface area (TPSA) is 57.6 Å². The van der Waals surface area contributed by atoms with Crippen LogP contribution in [0, 0.1) is 5.92 Å². The molecule has 4 heteroatoms. The normalized spacial score (nSPS) is 27.9. The molecule has 2 fully saturated rings. The van der Waals surface area contributed by atoms with Crippen LogP contribution in [0.15, 0.2) is 0 Å². The number of likely N-dealkylation sites (tertiary alicyclic amines) is 1. The molecule has 1 N–H and O–H groups in total. The van der Waals surface area contributed by atoms with Gasteiger partial charge in [0.1, 0.15) is 0 Å². The van der Waals surface area contributed by atoms with Gasteiger partial charge in [0.05, 0.1) is 0 Å². The Hall–Kier alpha value is -1.06. The fraction of sp³-hybridized carbons (Fsp3) is 0.800. The Morgan fingerprint density at radius 3 is 2.64 bits per heavy atom. The molecule has 2 rings (SSSR count). The predicted molar refractivity (Wildman–Crippen MR) is 49.7 cm³/mol. The highest BCUT2D eigenvalue weighted by molar-refractivity contribution is 5.79. The molecule has 78 valence electrons. The van der Waals surface area contributed by atoms with E-state index < -0.39 is 5.97 Å². The molecule has 1 heterocycles. The van der Waals surface area contributed by atoms with Crippen molar-refractivity contribution in [3.8, 4) is 0 Å². The van der Waals surface area contributed by atoms with E-state index in [0.29, 0.717) is 12.5 Å². The molecule has 1 saturated carbocycles. The average molecular weight is 197 g/mol. The maximum Gasteiger partial charge on any atom is 0.303 e. The summed E-state index contributed by atoms with van der Waals surface area (Å²) in [5.74, 6) is -0.567. The molecule has 0 radical (unpaired) electrons. The lowest BCUT2D eigenvalue weighted by molar-refractivity contribution is -0.140. The van der Waals surface area contributed by atoms with Crippen LogP contribution < -0.4 is 0 Å². The summed E-state index contributed by atoms with van der Waals surface area (Å²) in [6.45, 7) is 0.765. The Kier molecular flexibility index (Phi) is 2.44. The van der Waals surface area contributed by atoms with E-state index in [4.69, 9.17) is 5.11 Å². The van der Waals surface area contributed by atoms with Crippen LogP contribution in [0.4, 0.5) is 0 Å². The van der Waals surface area contributed by atoms with E-state index in [-0.39, 0.29) is 18.2 Å². The first-order valence-electron chi connectivity index (χ1n) is 5.18. The van der Waals surface area contributed by atoms with Crippen LogP contribution in [0.25, 0.3) is 0 Å². The van der Waals surface area contributed by atoms with E-state index in [1.165, 1.54) is 0 Å². The number of carbonyl (C=O) groups is 2. The van der Waals surface area contributed by atoms with Gasteiger partial charge in [-0.3, -0.25) is 9.59 Å². The molecule has 0 aromatic rings. The molecule has 1 amide bonds. The molecule has 14 heavy (non-hydrogen) atoms. The summed E-state index contributed by atoms with van der Waals surface area (Å²) in [6.07, 6.45) is 3.70. The van der Waals surface area contributed by atoms with Crippen LogP contribution in [0.1, 0.15) is 32.1 Å². The molecule has 1 aliphatic carbocycles. The first kappa shape index (κ1) is 9.49. The second kappa shape index (κ2) is 3.59. The SMILES string of the molecule is O=C(O)CC1CCN(C2CC2)C(=O)C1. The number of amides is 1. The maximum atomic E-state index is 11.6. The molecule has 1 saturated heterocycles. The van der Waals surface area contributed by atoms with Gasteiger partial charge in [-0.2, -0.15) is 0 Å². The molecule has 0 spiro atoms. The van der Waals surface area contributed by atoms with Gasteiger partial charge >= 0.3 is 5.97 Å². The second-order valence-corrected chi connectivity index (χ2v) is 4.27. The Morgan fingerprint density at radius 2 is 2.14 bits per heavy atom. The molecule has 1 aliphatic heterocycles. The molecule has 2 aliphatic rings. The van der Waals surface area contributed by atoms with Crippen molar-refractivity contribution in [1.29, 1.82) is 0 Å². The number of piperidine rings is 1. The van der Waals surface area contributed by atoms with Crippen LogP contribution in [0.3, 0.4) is 0 Å². The number of aliphatic carboxylic acids is 1. The number of carbonyl (C=O) groups excluding carboxylic acids is 1. The van der Waals surface area contributed by atoms with Crippen molar-refractivity contribution in [2.45, 2.75) is 38.1 Å². The van der Waals surface area contributed by atoms with Crippen molar-refractivity contribution in [2.24, 2.45) is 5.92 Å². The van der Waals surface area contributed by atoms with Crippen molar-refractivity contribution in [1.82, 2.24) is 4.90 Å². The minimum atomic E-state index is -0.789. The lowest BCUT2D eigenvalue weighted by Gasteiger charge is -2.31. The maximum absolute atomic E-state index is 11.6. The average Bonchev–Trinajstić information content (AvgIpc) is 2.86. The van der Waals surface area contributed by atoms with E-state index in [1.54, 1.807) is 0 Å². The fourth-order valence-electron chi connectivity index (χ4n) is 2.11. The standard InChI is InChI=1S/C10H15NO3/c12-9-5-7(6-10(13)14)3-4-11(9)8-1-2-8/h7-8H,1-6H2,(H,13,14). The first-order chi connectivity index (χ1) is 6.66. The largest absolute Gasteiger partial charge is 0.481 e. The Morgan fingerprint density at radius 1 is 1.43 bits per heavy atom. The van der Waals surface area contributed by atoms with Gasteiger partial charge in [0, 0.05) is 25.4 Å². The minimum Gasteiger partial charge on any atom is -0.481 e. The summed E-state index contributed by atoms with van der Waals surface area (Å²) in [5.41, 5.74) is 0. The monoisotopic (exact) mass is 197 g/mol. The third kappa shape index (κ3) is 2.05. The van der Waals surface area contributed by atoms with Gasteiger partial charge in [-0.1, -0.05) is 0 Å². The Balaban J connectivity index is 1.85. The van der Waals surface area contributed by atoms with E-state index in [0.717, 1.165) is 25.8 Å². The number of hydrogen-bond donors (Lipinski definition) is 1. The summed E-state index contributed by atoms with van der Waals surface area (Å²) >= 11 is 0. The summed E-state index contributed by atoms with van der Waals surface area (Å²) < 4.78 is 0. The first-order valence-corrected chi connectivity index (χ1v) is 5.18.